The number of hydrogen-bond acceptors (Lipinski definition) is 4. The van der Waals surface area contributed by atoms with Crippen molar-refractivity contribution in [3.63, 3.8) is 0 Å². The lowest BCUT2D eigenvalue weighted by Gasteiger charge is -2.29. The van der Waals surface area contributed by atoms with Gasteiger partial charge in [-0.2, -0.15) is 4.98 Å². The summed E-state index contributed by atoms with van der Waals surface area (Å²) in [6.07, 6.45) is 3.51. The molecule has 1 atom stereocenters. The van der Waals surface area contributed by atoms with Crippen molar-refractivity contribution in [2.45, 2.75) is 46.1 Å². The maximum absolute atomic E-state index is 6.14. The van der Waals surface area contributed by atoms with Crippen LogP contribution < -0.4 is 4.90 Å². The first-order chi connectivity index (χ1) is 9.60. The summed E-state index contributed by atoms with van der Waals surface area (Å²) in [4.78, 5) is 13.7. The highest BCUT2D eigenvalue weighted by atomic mass is 35.5. The molecule has 2 aromatic heterocycles. The first-order valence-corrected chi connectivity index (χ1v) is 8.52. The van der Waals surface area contributed by atoms with Gasteiger partial charge in [0.2, 0.25) is 5.28 Å². The molecule has 3 nitrogen and oxygen atoms in total. The molecular formula is C15H20ClN3S. The van der Waals surface area contributed by atoms with Gasteiger partial charge in [0, 0.05) is 17.5 Å². The lowest BCUT2D eigenvalue weighted by atomic mass is 10.0. The third kappa shape index (κ3) is 2.40. The normalized spacial score (nSPS) is 19.4. The van der Waals surface area contributed by atoms with E-state index in [-0.39, 0.29) is 0 Å². The zero-order valence-electron chi connectivity index (χ0n) is 12.2. The summed E-state index contributed by atoms with van der Waals surface area (Å²) in [5, 5.41) is 1.54. The minimum atomic E-state index is 0.367. The summed E-state index contributed by atoms with van der Waals surface area (Å²) in [6.45, 7) is 7.82. The maximum Gasteiger partial charge on any atom is 0.225 e. The van der Waals surface area contributed by atoms with E-state index in [9.17, 15) is 0 Å². The molecule has 0 saturated carbocycles. The highest BCUT2D eigenvalue weighted by Gasteiger charge is 2.30. The Labute approximate surface area is 129 Å². The Kier molecular flexibility index (Phi) is 3.87. The number of thiophene rings is 1. The van der Waals surface area contributed by atoms with Crippen LogP contribution in [0.1, 0.15) is 38.5 Å². The molecule has 0 aliphatic carbocycles. The number of rotatable bonds is 3. The molecule has 1 fully saturated rings. The maximum atomic E-state index is 6.14. The third-order valence-electron chi connectivity index (χ3n) is 4.09. The van der Waals surface area contributed by atoms with E-state index in [1.165, 1.54) is 23.1 Å². The van der Waals surface area contributed by atoms with E-state index < -0.39 is 0 Å². The van der Waals surface area contributed by atoms with Gasteiger partial charge in [0.1, 0.15) is 10.6 Å². The Morgan fingerprint density at radius 1 is 1.45 bits per heavy atom. The van der Waals surface area contributed by atoms with Crippen molar-refractivity contribution in [1.82, 2.24) is 9.97 Å². The van der Waals surface area contributed by atoms with E-state index in [1.54, 1.807) is 11.3 Å². The van der Waals surface area contributed by atoms with Gasteiger partial charge in [-0.3, -0.25) is 0 Å². The van der Waals surface area contributed by atoms with Crippen molar-refractivity contribution >= 4 is 39.0 Å². The molecule has 20 heavy (non-hydrogen) atoms. The van der Waals surface area contributed by atoms with Crippen LogP contribution in [0.25, 0.3) is 10.2 Å². The fraction of sp³-hybridized carbons (Fsp3) is 0.600. The van der Waals surface area contributed by atoms with E-state index in [4.69, 9.17) is 11.6 Å². The van der Waals surface area contributed by atoms with Gasteiger partial charge in [0.25, 0.3) is 0 Å². The Balaban J connectivity index is 2.12. The molecule has 0 N–H and O–H groups in total. The fourth-order valence-electron chi connectivity index (χ4n) is 3.07. The molecular weight excluding hydrogens is 290 g/mol. The highest BCUT2D eigenvalue weighted by Crippen LogP contribution is 2.36. The number of hydrogen-bond donors (Lipinski definition) is 0. The van der Waals surface area contributed by atoms with Crippen LogP contribution in [0.5, 0.6) is 0 Å². The van der Waals surface area contributed by atoms with Gasteiger partial charge in [0.15, 0.2) is 0 Å². The van der Waals surface area contributed by atoms with Gasteiger partial charge in [0.05, 0.1) is 5.39 Å². The fourth-order valence-corrected chi connectivity index (χ4v) is 4.25. The second-order valence-electron chi connectivity index (χ2n) is 5.75. The molecule has 3 heterocycles. The smallest absolute Gasteiger partial charge is 0.225 e. The Hall–Kier alpha value is -0.870. The van der Waals surface area contributed by atoms with Crippen LogP contribution in [-0.4, -0.2) is 22.6 Å². The van der Waals surface area contributed by atoms with Gasteiger partial charge in [-0.05, 0) is 42.8 Å². The summed E-state index contributed by atoms with van der Waals surface area (Å²) in [5.41, 5.74) is 0. The predicted molar refractivity (Wildman–Crippen MR) is 87.0 cm³/mol. The lowest BCUT2D eigenvalue weighted by molar-refractivity contribution is 0.490. The zero-order valence-corrected chi connectivity index (χ0v) is 13.8. The van der Waals surface area contributed by atoms with Crippen LogP contribution in [0, 0.1) is 5.92 Å². The van der Waals surface area contributed by atoms with Crippen molar-refractivity contribution in [1.29, 1.82) is 0 Å². The molecule has 0 aromatic carbocycles. The molecule has 1 aliphatic heterocycles. The van der Waals surface area contributed by atoms with Crippen LogP contribution in [0.2, 0.25) is 5.28 Å². The number of fused-ring (bicyclic) bond motifs is 1. The van der Waals surface area contributed by atoms with Crippen molar-refractivity contribution < 1.29 is 0 Å². The highest BCUT2D eigenvalue weighted by molar-refractivity contribution is 7.18. The minimum absolute atomic E-state index is 0.367. The van der Waals surface area contributed by atoms with E-state index >= 15 is 0 Å². The largest absolute Gasteiger partial charge is 0.353 e. The number of halogens is 1. The van der Waals surface area contributed by atoms with Crippen molar-refractivity contribution in [2.24, 2.45) is 5.92 Å². The molecule has 3 rings (SSSR count). The summed E-state index contributed by atoms with van der Waals surface area (Å²) in [5.74, 6) is 1.66. The quantitative estimate of drug-likeness (QED) is 0.780. The second-order valence-corrected chi connectivity index (χ2v) is 7.20. The average Bonchev–Trinajstić information content (AvgIpc) is 3.03. The van der Waals surface area contributed by atoms with Crippen molar-refractivity contribution in [3.8, 4) is 0 Å². The molecule has 0 radical (unpaired) electrons. The molecule has 0 spiro atoms. The number of nitrogens with zero attached hydrogens (tertiary/aromatic N) is 3. The first kappa shape index (κ1) is 14.1. The van der Waals surface area contributed by atoms with Crippen LogP contribution in [0.15, 0.2) is 6.07 Å². The van der Waals surface area contributed by atoms with E-state index in [2.05, 4.69) is 41.7 Å². The average molecular weight is 310 g/mol. The van der Waals surface area contributed by atoms with Gasteiger partial charge in [-0.25, -0.2) is 4.98 Å². The first-order valence-electron chi connectivity index (χ1n) is 7.32. The Bertz CT molecular complexity index is 623. The Morgan fingerprint density at radius 3 is 2.95 bits per heavy atom. The summed E-state index contributed by atoms with van der Waals surface area (Å²) < 4.78 is 0. The van der Waals surface area contributed by atoms with Gasteiger partial charge in [-0.15, -0.1) is 11.3 Å². The van der Waals surface area contributed by atoms with Gasteiger partial charge in [-0.1, -0.05) is 20.8 Å². The SMILES string of the molecule is CCc1cc2c(N3CCCC3C(C)C)nc(Cl)nc2s1. The van der Waals surface area contributed by atoms with Gasteiger partial charge >= 0.3 is 0 Å². The van der Waals surface area contributed by atoms with Gasteiger partial charge < -0.3 is 4.90 Å². The van der Waals surface area contributed by atoms with E-state index in [0.29, 0.717) is 17.2 Å². The van der Waals surface area contributed by atoms with E-state index in [0.717, 1.165) is 23.6 Å². The standard InChI is InChI=1S/C15H20ClN3S/c1-4-10-8-11-13(17-15(16)18-14(11)20-10)19-7-5-6-12(19)9(2)3/h8-9,12H,4-7H2,1-3H3. The topological polar surface area (TPSA) is 29.0 Å². The number of aromatic nitrogens is 2. The van der Waals surface area contributed by atoms with Crippen LogP contribution in [0.3, 0.4) is 0 Å². The molecule has 108 valence electrons. The predicted octanol–water partition coefficient (Wildman–Crippen LogP) is 4.53. The molecule has 1 unspecified atom stereocenters. The number of anilines is 1. The Morgan fingerprint density at radius 2 is 2.25 bits per heavy atom. The third-order valence-corrected chi connectivity index (χ3v) is 5.43. The molecule has 1 aliphatic rings. The molecule has 5 heteroatoms. The van der Waals surface area contributed by atoms with Crippen LogP contribution in [-0.2, 0) is 6.42 Å². The molecule has 0 amide bonds. The van der Waals surface area contributed by atoms with Crippen molar-refractivity contribution in [2.75, 3.05) is 11.4 Å². The summed E-state index contributed by atoms with van der Waals surface area (Å²) >= 11 is 7.87. The van der Waals surface area contributed by atoms with E-state index in [1.807, 2.05) is 0 Å². The zero-order chi connectivity index (χ0) is 14.3. The molecule has 1 saturated heterocycles. The van der Waals surface area contributed by atoms with Crippen LogP contribution in [0.4, 0.5) is 5.82 Å². The van der Waals surface area contributed by atoms with Crippen LogP contribution >= 0.6 is 22.9 Å². The monoisotopic (exact) mass is 309 g/mol. The number of aryl methyl sites for hydroxylation is 1. The summed E-state index contributed by atoms with van der Waals surface area (Å²) in [6, 6.07) is 2.80. The molecule has 2 aromatic rings. The second kappa shape index (κ2) is 5.49. The minimum Gasteiger partial charge on any atom is -0.353 e. The van der Waals surface area contributed by atoms with Crippen molar-refractivity contribution in [3.05, 3.63) is 16.2 Å². The lowest BCUT2D eigenvalue weighted by Crippen LogP contribution is -2.34. The molecule has 0 bridgehead atoms. The summed E-state index contributed by atoms with van der Waals surface area (Å²) in [7, 11) is 0.